The van der Waals surface area contributed by atoms with Crippen molar-refractivity contribution in [1.82, 2.24) is 9.97 Å². The predicted octanol–water partition coefficient (Wildman–Crippen LogP) is 3.26. The molecule has 5 heteroatoms. The highest BCUT2D eigenvalue weighted by atomic mass is 32.2. The van der Waals surface area contributed by atoms with Crippen LogP contribution in [0.4, 0.5) is 5.69 Å². The Labute approximate surface area is 108 Å². The Morgan fingerprint density at radius 2 is 2.17 bits per heavy atom. The molecule has 0 spiro atoms. The van der Waals surface area contributed by atoms with Crippen LogP contribution in [0.5, 0.6) is 0 Å². The molecule has 90 valence electrons. The lowest BCUT2D eigenvalue weighted by atomic mass is 10.2. The number of nitrogens with two attached hydrogens (primary N) is 1. The van der Waals surface area contributed by atoms with Crippen LogP contribution in [0.25, 0.3) is 10.9 Å². The number of hydrogen-bond acceptors (Lipinski definition) is 5. The molecule has 3 aromatic rings. The summed E-state index contributed by atoms with van der Waals surface area (Å²) in [5.41, 5.74) is 8.27. The molecule has 1 aromatic carbocycles. The molecule has 0 atom stereocenters. The van der Waals surface area contributed by atoms with Gasteiger partial charge in [0, 0.05) is 16.5 Å². The average molecular weight is 257 g/mol. The zero-order valence-electron chi connectivity index (χ0n) is 9.75. The van der Waals surface area contributed by atoms with Gasteiger partial charge in [0.25, 0.3) is 5.22 Å². The summed E-state index contributed by atoms with van der Waals surface area (Å²) < 4.78 is 5.35. The third-order valence-electron chi connectivity index (χ3n) is 2.56. The first-order valence-corrected chi connectivity index (χ1v) is 6.29. The second-order valence-electron chi connectivity index (χ2n) is 3.91. The Morgan fingerprint density at radius 1 is 1.28 bits per heavy atom. The molecule has 0 unspecified atom stereocenters. The van der Waals surface area contributed by atoms with Crippen LogP contribution in [0.1, 0.15) is 5.69 Å². The van der Waals surface area contributed by atoms with Crippen LogP contribution in [-0.4, -0.2) is 9.97 Å². The van der Waals surface area contributed by atoms with E-state index in [4.69, 9.17) is 10.2 Å². The van der Waals surface area contributed by atoms with E-state index in [1.165, 1.54) is 11.8 Å². The van der Waals surface area contributed by atoms with Crippen LogP contribution >= 0.6 is 11.8 Å². The molecule has 2 aromatic heterocycles. The van der Waals surface area contributed by atoms with Crippen LogP contribution in [-0.2, 0) is 0 Å². The zero-order valence-corrected chi connectivity index (χ0v) is 10.6. The third kappa shape index (κ3) is 1.93. The Morgan fingerprint density at radius 3 is 2.94 bits per heavy atom. The van der Waals surface area contributed by atoms with Gasteiger partial charge in [0.15, 0.2) is 0 Å². The van der Waals surface area contributed by atoms with E-state index < -0.39 is 0 Å². The SMILES string of the molecule is Cc1coc(Sc2ccc(N)c3ncccc23)n1. The van der Waals surface area contributed by atoms with Crippen molar-refractivity contribution >= 4 is 28.4 Å². The summed E-state index contributed by atoms with van der Waals surface area (Å²) >= 11 is 1.47. The maximum absolute atomic E-state index is 5.91. The van der Waals surface area contributed by atoms with Gasteiger partial charge >= 0.3 is 0 Å². The van der Waals surface area contributed by atoms with Crippen LogP contribution < -0.4 is 5.73 Å². The lowest BCUT2D eigenvalue weighted by molar-refractivity contribution is 0.454. The molecular weight excluding hydrogens is 246 g/mol. The summed E-state index contributed by atoms with van der Waals surface area (Å²) in [6.07, 6.45) is 3.38. The first kappa shape index (κ1) is 11.1. The summed E-state index contributed by atoms with van der Waals surface area (Å²) in [6.45, 7) is 1.90. The quantitative estimate of drug-likeness (QED) is 0.714. The van der Waals surface area contributed by atoms with E-state index in [1.54, 1.807) is 12.5 Å². The third-order valence-corrected chi connectivity index (χ3v) is 3.49. The largest absolute Gasteiger partial charge is 0.439 e. The molecule has 0 saturated heterocycles. The van der Waals surface area contributed by atoms with Gasteiger partial charge in [-0.05, 0) is 36.9 Å². The molecule has 0 aliphatic carbocycles. The summed E-state index contributed by atoms with van der Waals surface area (Å²) in [4.78, 5) is 9.61. The van der Waals surface area contributed by atoms with E-state index in [2.05, 4.69) is 9.97 Å². The summed E-state index contributed by atoms with van der Waals surface area (Å²) in [7, 11) is 0. The lowest BCUT2D eigenvalue weighted by Crippen LogP contribution is -1.90. The number of pyridine rings is 1. The minimum atomic E-state index is 0.627. The van der Waals surface area contributed by atoms with Gasteiger partial charge in [0.2, 0.25) is 0 Å². The van der Waals surface area contributed by atoms with Gasteiger partial charge in [0.1, 0.15) is 6.26 Å². The number of fused-ring (bicyclic) bond motifs is 1. The minimum Gasteiger partial charge on any atom is -0.439 e. The number of anilines is 1. The number of benzene rings is 1. The summed E-state index contributed by atoms with van der Waals surface area (Å²) in [5, 5.41) is 1.64. The molecule has 0 aliphatic rings. The Bertz CT molecular complexity index is 708. The van der Waals surface area contributed by atoms with Crippen LogP contribution in [0.15, 0.2) is 51.3 Å². The molecule has 0 fully saturated rings. The number of nitrogens with zero attached hydrogens (tertiary/aromatic N) is 2. The smallest absolute Gasteiger partial charge is 0.260 e. The Hall–Kier alpha value is -2.01. The van der Waals surface area contributed by atoms with E-state index in [0.29, 0.717) is 10.9 Å². The molecule has 18 heavy (non-hydrogen) atoms. The van der Waals surface area contributed by atoms with Gasteiger partial charge in [-0.2, -0.15) is 0 Å². The molecule has 0 radical (unpaired) electrons. The van der Waals surface area contributed by atoms with Gasteiger partial charge in [-0.1, -0.05) is 6.07 Å². The van der Waals surface area contributed by atoms with Gasteiger partial charge in [0.05, 0.1) is 16.9 Å². The molecule has 2 heterocycles. The van der Waals surface area contributed by atoms with Crippen molar-refractivity contribution < 1.29 is 4.42 Å². The van der Waals surface area contributed by atoms with Crippen LogP contribution in [0.3, 0.4) is 0 Å². The average Bonchev–Trinajstić information content (AvgIpc) is 2.79. The summed E-state index contributed by atoms with van der Waals surface area (Å²) in [6, 6.07) is 7.71. The molecule has 0 aliphatic heterocycles. The second kappa shape index (κ2) is 4.34. The lowest BCUT2D eigenvalue weighted by Gasteiger charge is -2.05. The van der Waals surface area contributed by atoms with Crippen molar-refractivity contribution in [2.24, 2.45) is 0 Å². The molecule has 0 saturated carbocycles. The van der Waals surface area contributed by atoms with Crippen molar-refractivity contribution in [1.29, 1.82) is 0 Å². The monoisotopic (exact) mass is 257 g/mol. The molecule has 2 N–H and O–H groups in total. The van der Waals surface area contributed by atoms with E-state index in [1.807, 2.05) is 31.2 Å². The number of oxazole rings is 1. The maximum Gasteiger partial charge on any atom is 0.260 e. The highest BCUT2D eigenvalue weighted by Crippen LogP contribution is 2.34. The highest BCUT2D eigenvalue weighted by Gasteiger charge is 2.09. The number of aryl methyl sites for hydroxylation is 1. The predicted molar refractivity (Wildman–Crippen MR) is 71.5 cm³/mol. The number of rotatable bonds is 2. The standard InChI is InChI=1S/C13H11N3OS/c1-8-7-17-13(16-8)18-11-5-4-10(14)12-9(11)3-2-6-15-12/h2-7H,14H2,1H3. The van der Waals surface area contributed by atoms with Crippen molar-refractivity contribution in [2.75, 3.05) is 5.73 Å². The maximum atomic E-state index is 5.91. The number of nitrogen functional groups attached to an aromatic ring is 1. The molecule has 3 rings (SSSR count). The Kier molecular flexibility index (Phi) is 2.68. The second-order valence-corrected chi connectivity index (χ2v) is 4.90. The van der Waals surface area contributed by atoms with Crippen molar-refractivity contribution in [3.63, 3.8) is 0 Å². The first-order chi connectivity index (χ1) is 8.74. The van der Waals surface area contributed by atoms with E-state index in [-0.39, 0.29) is 0 Å². The Balaban J connectivity index is 2.09. The van der Waals surface area contributed by atoms with Crippen molar-refractivity contribution in [3.8, 4) is 0 Å². The molecule has 0 bridgehead atoms. The normalized spacial score (nSPS) is 10.9. The van der Waals surface area contributed by atoms with Gasteiger partial charge < -0.3 is 10.2 Å². The number of aromatic nitrogens is 2. The zero-order chi connectivity index (χ0) is 12.5. The van der Waals surface area contributed by atoms with Crippen molar-refractivity contribution in [2.45, 2.75) is 17.0 Å². The fourth-order valence-electron chi connectivity index (χ4n) is 1.73. The van der Waals surface area contributed by atoms with Crippen molar-refractivity contribution in [3.05, 3.63) is 42.4 Å². The van der Waals surface area contributed by atoms with Gasteiger partial charge in [-0.3, -0.25) is 4.98 Å². The van der Waals surface area contributed by atoms with E-state index >= 15 is 0 Å². The van der Waals surface area contributed by atoms with Crippen LogP contribution in [0, 0.1) is 6.92 Å². The fourth-order valence-corrected chi connectivity index (χ4v) is 2.62. The van der Waals surface area contributed by atoms with Gasteiger partial charge in [-0.15, -0.1) is 0 Å². The minimum absolute atomic E-state index is 0.627. The van der Waals surface area contributed by atoms with E-state index in [9.17, 15) is 0 Å². The highest BCUT2D eigenvalue weighted by molar-refractivity contribution is 7.99. The molecular formula is C13H11N3OS. The molecule has 4 nitrogen and oxygen atoms in total. The fraction of sp³-hybridized carbons (Fsp3) is 0.0769. The van der Waals surface area contributed by atoms with E-state index in [0.717, 1.165) is 21.5 Å². The summed E-state index contributed by atoms with van der Waals surface area (Å²) in [5.74, 6) is 0. The van der Waals surface area contributed by atoms with Crippen LogP contribution in [0.2, 0.25) is 0 Å². The first-order valence-electron chi connectivity index (χ1n) is 5.47. The topological polar surface area (TPSA) is 64.9 Å². The van der Waals surface area contributed by atoms with Gasteiger partial charge in [-0.25, -0.2) is 4.98 Å². The molecule has 0 amide bonds. The number of hydrogen-bond donors (Lipinski definition) is 1.